The molecule has 0 unspecified atom stereocenters. The normalized spacial score (nSPS) is 16.0. The van der Waals surface area contributed by atoms with E-state index in [4.69, 9.17) is 0 Å². The molecule has 0 atom stereocenters. The van der Waals surface area contributed by atoms with E-state index in [1.807, 2.05) is 36.1 Å². The van der Waals surface area contributed by atoms with Crippen LogP contribution in [0, 0.1) is 12.7 Å². The van der Waals surface area contributed by atoms with Gasteiger partial charge in [0.25, 0.3) is 5.91 Å². The van der Waals surface area contributed by atoms with E-state index in [0.29, 0.717) is 0 Å². The third-order valence-electron chi connectivity index (χ3n) is 3.93. The number of hydrogen-bond donors (Lipinski definition) is 0. The van der Waals surface area contributed by atoms with Gasteiger partial charge in [0.05, 0.1) is 4.88 Å². The number of benzene rings is 1. The van der Waals surface area contributed by atoms with Crippen molar-refractivity contribution in [1.29, 1.82) is 0 Å². The van der Waals surface area contributed by atoms with E-state index < -0.39 is 0 Å². The summed E-state index contributed by atoms with van der Waals surface area (Å²) in [5.74, 6) is -0.0649. The van der Waals surface area contributed by atoms with Crippen molar-refractivity contribution < 1.29 is 9.18 Å². The Morgan fingerprint density at radius 1 is 1.09 bits per heavy atom. The summed E-state index contributed by atoms with van der Waals surface area (Å²) in [6, 6.07) is 10.5. The molecule has 1 aliphatic heterocycles. The quantitative estimate of drug-likeness (QED) is 0.868. The van der Waals surface area contributed by atoms with E-state index in [1.165, 1.54) is 17.0 Å². The molecule has 0 saturated carbocycles. The molecule has 5 heteroatoms. The minimum absolute atomic E-state index is 0.138. The van der Waals surface area contributed by atoms with Gasteiger partial charge in [-0.15, -0.1) is 11.3 Å². The molecule has 2 aromatic rings. The molecule has 0 aliphatic carbocycles. The minimum Gasteiger partial charge on any atom is -0.335 e. The lowest BCUT2D eigenvalue weighted by Gasteiger charge is -2.34. The van der Waals surface area contributed by atoms with Crippen LogP contribution in [-0.4, -0.2) is 41.9 Å². The number of halogens is 1. The molecule has 3 rings (SSSR count). The summed E-state index contributed by atoms with van der Waals surface area (Å²) in [6.07, 6.45) is 0. The van der Waals surface area contributed by atoms with Gasteiger partial charge in [0.2, 0.25) is 0 Å². The predicted molar refractivity (Wildman–Crippen MR) is 86.6 cm³/mol. The van der Waals surface area contributed by atoms with Crippen LogP contribution in [0.5, 0.6) is 0 Å². The highest BCUT2D eigenvalue weighted by Gasteiger charge is 2.22. The summed E-state index contributed by atoms with van der Waals surface area (Å²) in [6.45, 7) is 6.03. The average Bonchev–Trinajstić information content (AvgIpc) is 2.96. The zero-order chi connectivity index (χ0) is 15.5. The second kappa shape index (κ2) is 6.58. The maximum atomic E-state index is 12.9. The van der Waals surface area contributed by atoms with E-state index in [2.05, 4.69) is 4.90 Å². The molecule has 1 saturated heterocycles. The van der Waals surface area contributed by atoms with E-state index in [1.54, 1.807) is 11.3 Å². The number of thiophene rings is 1. The molecule has 3 nitrogen and oxygen atoms in total. The van der Waals surface area contributed by atoms with Gasteiger partial charge in [-0.2, -0.15) is 0 Å². The van der Waals surface area contributed by atoms with E-state index in [-0.39, 0.29) is 11.7 Å². The average molecular weight is 318 g/mol. The number of aryl methyl sites for hydroxylation is 1. The summed E-state index contributed by atoms with van der Waals surface area (Å²) in [5.41, 5.74) is 1.11. The van der Waals surface area contributed by atoms with Gasteiger partial charge in [-0.3, -0.25) is 9.69 Å². The van der Waals surface area contributed by atoms with Crippen molar-refractivity contribution in [3.8, 4) is 0 Å². The molecule has 0 N–H and O–H groups in total. The van der Waals surface area contributed by atoms with Crippen LogP contribution in [-0.2, 0) is 6.54 Å². The van der Waals surface area contributed by atoms with Crippen molar-refractivity contribution >= 4 is 17.2 Å². The first-order valence-electron chi connectivity index (χ1n) is 7.44. The topological polar surface area (TPSA) is 23.6 Å². The number of hydrogen-bond acceptors (Lipinski definition) is 3. The smallest absolute Gasteiger partial charge is 0.264 e. The number of amides is 1. The van der Waals surface area contributed by atoms with Crippen LogP contribution in [0.1, 0.15) is 20.1 Å². The number of carbonyl (C=O) groups excluding carboxylic acids is 1. The third kappa shape index (κ3) is 3.54. The molecule has 1 amide bonds. The SMILES string of the molecule is Cc1ccc(C(=O)N2CCN(Cc3ccc(F)cc3)CC2)s1. The van der Waals surface area contributed by atoms with E-state index in [0.717, 1.165) is 43.2 Å². The highest BCUT2D eigenvalue weighted by molar-refractivity contribution is 7.13. The molecule has 0 radical (unpaired) electrons. The monoisotopic (exact) mass is 318 g/mol. The molecule has 1 aromatic heterocycles. The lowest BCUT2D eigenvalue weighted by molar-refractivity contribution is 0.0633. The lowest BCUT2D eigenvalue weighted by atomic mass is 10.2. The Hall–Kier alpha value is -1.72. The van der Waals surface area contributed by atoms with E-state index in [9.17, 15) is 9.18 Å². The Balaban J connectivity index is 1.54. The summed E-state index contributed by atoms with van der Waals surface area (Å²) in [5, 5.41) is 0. The first-order valence-corrected chi connectivity index (χ1v) is 8.26. The largest absolute Gasteiger partial charge is 0.335 e. The fourth-order valence-corrected chi connectivity index (χ4v) is 3.50. The van der Waals surface area contributed by atoms with Crippen LogP contribution < -0.4 is 0 Å². The van der Waals surface area contributed by atoms with Crippen molar-refractivity contribution in [3.05, 3.63) is 57.5 Å². The first-order chi connectivity index (χ1) is 10.6. The molecule has 1 aromatic carbocycles. The zero-order valence-electron chi connectivity index (χ0n) is 12.6. The van der Waals surface area contributed by atoms with Crippen LogP contribution in [0.25, 0.3) is 0 Å². The summed E-state index contributed by atoms with van der Waals surface area (Å²) >= 11 is 1.55. The van der Waals surface area contributed by atoms with Crippen LogP contribution in [0.3, 0.4) is 0 Å². The van der Waals surface area contributed by atoms with Crippen molar-refractivity contribution in [1.82, 2.24) is 9.80 Å². The van der Waals surface area contributed by atoms with Gasteiger partial charge < -0.3 is 4.90 Å². The van der Waals surface area contributed by atoms with Crippen molar-refractivity contribution in [2.24, 2.45) is 0 Å². The van der Waals surface area contributed by atoms with Crippen LogP contribution in [0.15, 0.2) is 36.4 Å². The number of rotatable bonds is 3. The third-order valence-corrected chi connectivity index (χ3v) is 4.92. The molecule has 2 heterocycles. The number of nitrogens with zero attached hydrogens (tertiary/aromatic N) is 2. The Morgan fingerprint density at radius 2 is 1.77 bits per heavy atom. The Bertz CT molecular complexity index is 645. The predicted octanol–water partition coefficient (Wildman–Crippen LogP) is 3.15. The zero-order valence-corrected chi connectivity index (χ0v) is 13.4. The first kappa shape index (κ1) is 15.2. The second-order valence-corrected chi connectivity index (χ2v) is 6.89. The second-order valence-electron chi connectivity index (χ2n) is 5.61. The Labute approximate surface area is 134 Å². The maximum absolute atomic E-state index is 12.9. The van der Waals surface area contributed by atoms with Crippen molar-refractivity contribution in [3.63, 3.8) is 0 Å². The molecule has 116 valence electrons. The highest BCUT2D eigenvalue weighted by atomic mass is 32.1. The molecular weight excluding hydrogens is 299 g/mol. The Kier molecular flexibility index (Phi) is 4.55. The van der Waals surface area contributed by atoms with Crippen LogP contribution >= 0.6 is 11.3 Å². The molecule has 1 fully saturated rings. The molecule has 1 aliphatic rings. The number of carbonyl (C=O) groups is 1. The molecule has 0 spiro atoms. The van der Waals surface area contributed by atoms with Gasteiger partial charge in [-0.05, 0) is 36.8 Å². The molecular formula is C17H19FN2OS. The van der Waals surface area contributed by atoms with Gasteiger partial charge in [-0.1, -0.05) is 12.1 Å². The standard InChI is InChI=1S/C17H19FN2OS/c1-13-2-7-16(22-13)17(21)20-10-8-19(9-11-20)12-14-3-5-15(18)6-4-14/h2-7H,8-12H2,1H3. The molecule has 0 bridgehead atoms. The highest BCUT2D eigenvalue weighted by Crippen LogP contribution is 2.18. The van der Waals surface area contributed by atoms with Crippen LogP contribution in [0.4, 0.5) is 4.39 Å². The van der Waals surface area contributed by atoms with Gasteiger partial charge in [0.1, 0.15) is 5.82 Å². The lowest BCUT2D eigenvalue weighted by Crippen LogP contribution is -2.48. The fraction of sp³-hybridized carbons (Fsp3) is 0.353. The van der Waals surface area contributed by atoms with Crippen LogP contribution in [0.2, 0.25) is 0 Å². The van der Waals surface area contributed by atoms with Crippen molar-refractivity contribution in [2.45, 2.75) is 13.5 Å². The minimum atomic E-state index is -0.203. The summed E-state index contributed by atoms with van der Waals surface area (Å²) < 4.78 is 12.9. The van der Waals surface area contributed by atoms with Gasteiger partial charge >= 0.3 is 0 Å². The Morgan fingerprint density at radius 3 is 2.36 bits per heavy atom. The number of piperazine rings is 1. The van der Waals surface area contributed by atoms with Gasteiger partial charge in [0, 0.05) is 37.6 Å². The van der Waals surface area contributed by atoms with Crippen molar-refractivity contribution in [2.75, 3.05) is 26.2 Å². The van der Waals surface area contributed by atoms with E-state index >= 15 is 0 Å². The fourth-order valence-electron chi connectivity index (χ4n) is 2.66. The summed E-state index contributed by atoms with van der Waals surface area (Å²) in [4.78, 5) is 18.6. The summed E-state index contributed by atoms with van der Waals surface area (Å²) in [7, 11) is 0. The van der Waals surface area contributed by atoms with Gasteiger partial charge in [-0.25, -0.2) is 4.39 Å². The molecule has 22 heavy (non-hydrogen) atoms. The van der Waals surface area contributed by atoms with Gasteiger partial charge in [0.15, 0.2) is 0 Å². The maximum Gasteiger partial charge on any atom is 0.264 e.